The molecule has 494 valence electrons. The predicted molar refractivity (Wildman–Crippen MR) is 332 cm³/mol. The van der Waals surface area contributed by atoms with Gasteiger partial charge in [0.05, 0.1) is 76.3 Å². The summed E-state index contributed by atoms with van der Waals surface area (Å²) in [6, 6.07) is 0. The third kappa shape index (κ3) is 61.0. The third-order valence-corrected chi connectivity index (χ3v) is 15.3. The van der Waals surface area contributed by atoms with E-state index in [1.54, 1.807) is 28.4 Å². The van der Waals surface area contributed by atoms with Crippen molar-refractivity contribution in [2.24, 2.45) is 0 Å². The molecule has 0 radical (unpaired) electrons. The summed E-state index contributed by atoms with van der Waals surface area (Å²) in [6.45, 7) is 6.36. The molecule has 0 bridgehead atoms. The Kier molecular flexibility index (Phi) is 65.2. The Hall–Kier alpha value is -2.44. The second-order valence-corrected chi connectivity index (χ2v) is 23.2. The molecule has 6 unspecified atom stereocenters. The highest BCUT2D eigenvalue weighted by molar-refractivity contribution is 5.70. The van der Waals surface area contributed by atoms with Crippen molar-refractivity contribution in [2.45, 2.75) is 339 Å². The number of hydrogen-bond acceptors (Lipinski definition) is 16. The predicted octanol–water partition coefficient (Wildman–Crippen LogP) is 14.5. The third-order valence-electron chi connectivity index (χ3n) is 15.3. The molecule has 0 spiro atoms. The molecule has 0 aromatic carbocycles. The summed E-state index contributed by atoms with van der Waals surface area (Å²) in [6.07, 6.45) is 41.5. The van der Waals surface area contributed by atoms with Gasteiger partial charge < -0.3 is 58.3 Å². The lowest BCUT2D eigenvalue weighted by molar-refractivity contribution is -0.148. The normalized spacial score (nSPS) is 13.6. The number of rotatable bonds is 63. The molecule has 0 aromatic rings. The van der Waals surface area contributed by atoms with E-state index in [4.69, 9.17) is 37.9 Å². The van der Waals surface area contributed by atoms with Crippen molar-refractivity contribution in [1.82, 2.24) is 0 Å². The van der Waals surface area contributed by atoms with Crippen LogP contribution in [0.5, 0.6) is 0 Å². The van der Waals surface area contributed by atoms with Gasteiger partial charge in [0.1, 0.15) is 0 Å². The zero-order chi connectivity index (χ0) is 61.5. The number of ether oxygens (including phenoxy) is 8. The van der Waals surface area contributed by atoms with Crippen LogP contribution in [0.3, 0.4) is 0 Å². The van der Waals surface area contributed by atoms with Gasteiger partial charge in [-0.3, -0.25) is 19.2 Å². The number of esters is 4. The number of aliphatic hydroxyl groups is 4. The number of methoxy groups -OCH3 is 4. The molecule has 0 aliphatic rings. The summed E-state index contributed by atoms with van der Waals surface area (Å²) in [7, 11) is 6.56. The van der Waals surface area contributed by atoms with E-state index in [9.17, 15) is 39.6 Å². The second kappa shape index (κ2) is 65.5. The van der Waals surface area contributed by atoms with E-state index in [1.807, 2.05) is 0 Å². The molecule has 0 aromatic heterocycles. The smallest absolute Gasteiger partial charge is 0.305 e. The zero-order valence-electron chi connectivity index (χ0n) is 54.2. The Morgan fingerprint density at radius 2 is 0.518 bits per heavy atom. The van der Waals surface area contributed by atoms with Crippen molar-refractivity contribution in [1.29, 1.82) is 0 Å². The monoisotopic (exact) mass is 1190 g/mol. The lowest BCUT2D eigenvalue weighted by Crippen LogP contribution is -2.27. The van der Waals surface area contributed by atoms with Crippen molar-refractivity contribution in [3.8, 4) is 0 Å². The van der Waals surface area contributed by atoms with Gasteiger partial charge in [-0.05, 0) is 64.2 Å². The van der Waals surface area contributed by atoms with Crippen LogP contribution >= 0.6 is 0 Å². The molecule has 83 heavy (non-hydrogen) atoms. The van der Waals surface area contributed by atoms with Crippen LogP contribution in [0.15, 0.2) is 0 Å². The van der Waals surface area contributed by atoms with E-state index in [1.165, 1.54) is 64.2 Å². The molecule has 0 heterocycles. The van der Waals surface area contributed by atoms with Crippen molar-refractivity contribution in [3.63, 3.8) is 0 Å². The van der Waals surface area contributed by atoms with Crippen LogP contribution in [-0.2, 0) is 57.1 Å². The molecule has 0 fully saturated rings. The van der Waals surface area contributed by atoms with E-state index in [0.29, 0.717) is 51.7 Å². The summed E-state index contributed by atoms with van der Waals surface area (Å²) in [5, 5.41) is 40.1. The van der Waals surface area contributed by atoms with Crippen LogP contribution in [0, 0.1) is 0 Å². The first kappa shape index (κ1) is 82.6. The summed E-state index contributed by atoms with van der Waals surface area (Å²) in [5.41, 5.74) is 0. The van der Waals surface area contributed by atoms with Crippen molar-refractivity contribution < 1.29 is 77.5 Å². The molecule has 16 heteroatoms. The molecule has 16 nitrogen and oxygen atoms in total. The number of unbranched alkanes of at least 4 members (excludes halogenated alkanes) is 27. The lowest BCUT2D eigenvalue weighted by atomic mass is 9.99. The van der Waals surface area contributed by atoms with Gasteiger partial charge in [0, 0.05) is 67.0 Å². The highest BCUT2D eigenvalue weighted by Gasteiger charge is 2.19. The summed E-state index contributed by atoms with van der Waals surface area (Å²) >= 11 is 0. The molecule has 4 N–H and O–H groups in total. The van der Waals surface area contributed by atoms with Gasteiger partial charge in [0.2, 0.25) is 0 Å². The first-order chi connectivity index (χ1) is 40.4. The van der Waals surface area contributed by atoms with Gasteiger partial charge in [-0.15, -0.1) is 0 Å². The van der Waals surface area contributed by atoms with Crippen LogP contribution in [0.25, 0.3) is 0 Å². The Morgan fingerprint density at radius 1 is 0.289 bits per heavy atom. The molecule has 0 saturated carbocycles. The SMILES string of the molecule is CCCCCCCCC(O)C(CCCCCCCC(=O)OCCCOC(=O)CCCCCCC(OC)C(O)CCCCCCCC)OC.COCC(O)CCCCCCCCC(=O)OCCCOC(=O)CCCCCCCCC(O)COC. The first-order valence-electron chi connectivity index (χ1n) is 33.8. The first-order valence-corrected chi connectivity index (χ1v) is 33.8. The maximum Gasteiger partial charge on any atom is 0.305 e. The topological polar surface area (TPSA) is 223 Å². The maximum atomic E-state index is 12.0. The average molecular weight is 1190 g/mol. The van der Waals surface area contributed by atoms with E-state index in [2.05, 4.69) is 13.8 Å². The van der Waals surface area contributed by atoms with Crippen molar-refractivity contribution in [2.75, 3.05) is 68.1 Å². The Labute approximate surface area is 507 Å². The maximum absolute atomic E-state index is 12.0. The molecule has 0 rings (SSSR count). The van der Waals surface area contributed by atoms with E-state index < -0.39 is 6.10 Å². The van der Waals surface area contributed by atoms with Crippen LogP contribution in [0.4, 0.5) is 0 Å². The fourth-order valence-corrected chi connectivity index (χ4v) is 10.1. The summed E-state index contributed by atoms with van der Waals surface area (Å²) < 4.78 is 41.9. The molecule has 0 amide bonds. The Morgan fingerprint density at radius 3 is 0.771 bits per heavy atom. The molecule has 6 atom stereocenters. The molecular formula is C67H130O16. The van der Waals surface area contributed by atoms with Crippen LogP contribution < -0.4 is 0 Å². The standard InChI is InChI=1S/C40H78O8.C27H52O8/c1-5-7-9-11-14-20-27-35(41)37(45-3)29-22-16-13-17-24-31-39(43)47-33-26-34-48-40(44)32-25-19-18-23-30-38(46-4)36(42)28-21-15-12-10-8-6-2;1-32-22-24(28)16-11-7-3-5-9-13-18-26(30)34-20-15-21-35-27(31)19-14-10-6-4-8-12-17-25(29)23-33-2/h35-38,41-42H,5-34H2,1-4H3;24-25,28-29H,3-23H2,1-2H3. The van der Waals surface area contributed by atoms with Gasteiger partial charge in [-0.1, -0.05) is 200 Å². The molecule has 0 saturated heterocycles. The van der Waals surface area contributed by atoms with E-state index >= 15 is 0 Å². The van der Waals surface area contributed by atoms with Crippen molar-refractivity contribution >= 4 is 23.9 Å². The fraction of sp³-hybridized carbons (Fsp3) is 0.940. The van der Waals surface area contributed by atoms with Crippen LogP contribution in [0.2, 0.25) is 0 Å². The van der Waals surface area contributed by atoms with Gasteiger partial charge in [0.15, 0.2) is 0 Å². The summed E-state index contributed by atoms with van der Waals surface area (Å²) in [5.74, 6) is -0.766. The quantitative estimate of drug-likeness (QED) is 0.0252. The molecule has 0 aliphatic heterocycles. The minimum Gasteiger partial charge on any atom is -0.466 e. The Bertz CT molecular complexity index is 1350. The lowest BCUT2D eigenvalue weighted by Gasteiger charge is -2.21. The Balaban J connectivity index is 0. The highest BCUT2D eigenvalue weighted by Crippen LogP contribution is 2.20. The van der Waals surface area contributed by atoms with Gasteiger partial charge in [-0.2, -0.15) is 0 Å². The number of hydrogen-bond donors (Lipinski definition) is 4. The van der Waals surface area contributed by atoms with Crippen LogP contribution in [-0.4, -0.2) is 149 Å². The summed E-state index contributed by atoms with van der Waals surface area (Å²) in [4.78, 5) is 47.5. The largest absolute Gasteiger partial charge is 0.466 e. The van der Waals surface area contributed by atoms with E-state index in [-0.39, 0.29) is 80.8 Å². The molecule has 0 aliphatic carbocycles. The second-order valence-electron chi connectivity index (χ2n) is 23.2. The van der Waals surface area contributed by atoms with E-state index in [0.717, 1.165) is 186 Å². The zero-order valence-corrected chi connectivity index (χ0v) is 54.2. The van der Waals surface area contributed by atoms with Crippen molar-refractivity contribution in [3.05, 3.63) is 0 Å². The number of carbonyl (C=O) groups is 4. The molecular weight excluding hydrogens is 1060 g/mol. The minimum absolute atomic E-state index is 0.0831. The number of aliphatic hydroxyl groups excluding tert-OH is 4. The minimum atomic E-state index is -0.397. The van der Waals surface area contributed by atoms with Gasteiger partial charge in [0.25, 0.3) is 0 Å². The average Bonchev–Trinajstić information content (AvgIpc) is 3.47. The van der Waals surface area contributed by atoms with Crippen LogP contribution in [0.1, 0.15) is 303 Å². The van der Waals surface area contributed by atoms with Gasteiger partial charge in [-0.25, -0.2) is 0 Å². The van der Waals surface area contributed by atoms with Gasteiger partial charge >= 0.3 is 23.9 Å². The number of carbonyl (C=O) groups excluding carboxylic acids is 4. The fourth-order valence-electron chi connectivity index (χ4n) is 10.1. The highest BCUT2D eigenvalue weighted by atomic mass is 16.6.